The van der Waals surface area contributed by atoms with E-state index in [9.17, 15) is 9.59 Å². The minimum Gasteiger partial charge on any atom is -0.481 e. The molecule has 4 aromatic rings. The Morgan fingerprint density at radius 2 is 1.94 bits per heavy atom. The van der Waals surface area contributed by atoms with Gasteiger partial charge in [-0.1, -0.05) is 59.9 Å². The summed E-state index contributed by atoms with van der Waals surface area (Å²) in [6.07, 6.45) is 3.62. The van der Waals surface area contributed by atoms with Crippen molar-refractivity contribution in [2.45, 2.75) is 18.9 Å². The molecular formula is C28H22N2O4S2. The molecule has 0 fully saturated rings. The largest absolute Gasteiger partial charge is 0.481 e. The van der Waals surface area contributed by atoms with Crippen LogP contribution in [-0.2, 0) is 16.0 Å². The number of esters is 1. The molecule has 6 nitrogen and oxygen atoms in total. The van der Waals surface area contributed by atoms with E-state index in [1.165, 1.54) is 29.6 Å². The lowest BCUT2D eigenvalue weighted by Gasteiger charge is -2.30. The van der Waals surface area contributed by atoms with Gasteiger partial charge in [0.25, 0.3) is 5.56 Å². The van der Waals surface area contributed by atoms with Gasteiger partial charge in [0.1, 0.15) is 5.75 Å². The molecule has 2 aromatic carbocycles. The molecule has 0 spiro atoms. The van der Waals surface area contributed by atoms with Crippen molar-refractivity contribution in [1.29, 1.82) is 0 Å². The third-order valence-electron chi connectivity index (χ3n) is 6.46. The predicted molar refractivity (Wildman–Crippen MR) is 141 cm³/mol. The van der Waals surface area contributed by atoms with Gasteiger partial charge < -0.3 is 9.47 Å². The Kier molecular flexibility index (Phi) is 5.91. The highest BCUT2D eigenvalue weighted by atomic mass is 32.1. The number of thiazole rings is 1. The van der Waals surface area contributed by atoms with Crippen LogP contribution in [0.25, 0.3) is 11.8 Å². The average molecular weight is 515 g/mol. The number of aryl methyl sites for hydroxylation is 1. The van der Waals surface area contributed by atoms with E-state index in [1.807, 2.05) is 41.0 Å². The standard InChI is InChI=1S/C28H22N2O4S2/c1-33-24(31)16-34-21-10-5-3-8-18(21)15-23-27(32)30-26(22-11-6-14-35-22)20-13-12-17-7-2-4-9-19(17)25(20)29-28(30)36-23/h2-11,14-15,26H,12-13,16H2,1H3. The molecular weight excluding hydrogens is 492 g/mol. The second-order valence-corrected chi connectivity index (χ2v) is 10.5. The first-order valence-corrected chi connectivity index (χ1v) is 13.3. The van der Waals surface area contributed by atoms with Crippen LogP contribution in [0.15, 0.2) is 81.4 Å². The van der Waals surface area contributed by atoms with Crippen molar-refractivity contribution in [2.24, 2.45) is 4.99 Å². The molecule has 0 radical (unpaired) electrons. The lowest BCUT2D eigenvalue weighted by molar-refractivity contribution is -0.142. The maximum absolute atomic E-state index is 13.8. The quantitative estimate of drug-likeness (QED) is 0.379. The van der Waals surface area contributed by atoms with Crippen LogP contribution in [0.4, 0.5) is 0 Å². The molecule has 0 bridgehead atoms. The van der Waals surface area contributed by atoms with Gasteiger partial charge in [-0.05, 0) is 47.6 Å². The average Bonchev–Trinajstić information content (AvgIpc) is 3.55. The molecule has 2 aromatic heterocycles. The highest BCUT2D eigenvalue weighted by molar-refractivity contribution is 7.10. The Balaban J connectivity index is 1.52. The van der Waals surface area contributed by atoms with Gasteiger partial charge in [0.2, 0.25) is 0 Å². The van der Waals surface area contributed by atoms with E-state index < -0.39 is 5.97 Å². The normalized spacial score (nSPS) is 16.6. The molecule has 0 saturated heterocycles. The zero-order valence-corrected chi connectivity index (χ0v) is 21.1. The summed E-state index contributed by atoms with van der Waals surface area (Å²) in [6.45, 7) is -0.201. The summed E-state index contributed by atoms with van der Waals surface area (Å²) in [4.78, 5) is 32.3. The van der Waals surface area contributed by atoms with Gasteiger partial charge in [0.15, 0.2) is 11.4 Å². The van der Waals surface area contributed by atoms with E-state index >= 15 is 0 Å². The minimum absolute atomic E-state index is 0.0784. The van der Waals surface area contributed by atoms with E-state index in [1.54, 1.807) is 17.4 Å². The van der Waals surface area contributed by atoms with Crippen LogP contribution in [-0.4, -0.2) is 24.3 Å². The molecule has 0 saturated carbocycles. The fourth-order valence-electron chi connectivity index (χ4n) is 4.79. The van der Waals surface area contributed by atoms with Gasteiger partial charge in [0.05, 0.1) is 23.4 Å². The lowest BCUT2D eigenvalue weighted by atomic mass is 9.85. The first-order valence-electron chi connectivity index (χ1n) is 11.6. The van der Waals surface area contributed by atoms with Crippen molar-refractivity contribution in [2.75, 3.05) is 13.7 Å². The Labute approximate surface area is 215 Å². The number of thiophene rings is 1. The number of carbonyl (C=O) groups is 1. The number of methoxy groups -OCH3 is 1. The van der Waals surface area contributed by atoms with Crippen LogP contribution >= 0.6 is 22.7 Å². The second kappa shape index (κ2) is 9.37. The SMILES string of the molecule is COC(=O)COc1ccccc1C=c1sc2n(c1=O)C(c1cccs1)C1=C(N=2)c2ccccc2CC1. The minimum atomic E-state index is -0.467. The Morgan fingerprint density at radius 1 is 1.11 bits per heavy atom. The van der Waals surface area contributed by atoms with E-state index in [2.05, 4.69) is 34.4 Å². The molecule has 1 aliphatic heterocycles. The number of nitrogens with zero attached hydrogens (tertiary/aromatic N) is 2. The van der Waals surface area contributed by atoms with Crippen molar-refractivity contribution in [3.63, 3.8) is 0 Å². The van der Waals surface area contributed by atoms with Gasteiger partial charge >= 0.3 is 5.97 Å². The fourth-order valence-corrected chi connectivity index (χ4v) is 6.63. The van der Waals surface area contributed by atoms with Crippen LogP contribution in [0.2, 0.25) is 0 Å². The maximum atomic E-state index is 13.8. The van der Waals surface area contributed by atoms with Gasteiger partial charge in [-0.3, -0.25) is 9.36 Å². The molecule has 8 heteroatoms. The number of aromatic nitrogens is 1. The molecule has 1 aliphatic carbocycles. The summed E-state index contributed by atoms with van der Waals surface area (Å²) >= 11 is 3.04. The van der Waals surface area contributed by atoms with Crippen LogP contribution < -0.4 is 19.6 Å². The van der Waals surface area contributed by atoms with Crippen molar-refractivity contribution < 1.29 is 14.3 Å². The van der Waals surface area contributed by atoms with Crippen molar-refractivity contribution >= 4 is 40.4 Å². The van der Waals surface area contributed by atoms with Crippen molar-refractivity contribution in [3.05, 3.63) is 113 Å². The second-order valence-electron chi connectivity index (χ2n) is 8.53. The summed E-state index contributed by atoms with van der Waals surface area (Å²) in [5.41, 5.74) is 5.26. The number of para-hydroxylation sites is 1. The fraction of sp³-hybridized carbons (Fsp3) is 0.179. The number of benzene rings is 2. The zero-order chi connectivity index (χ0) is 24.6. The zero-order valence-electron chi connectivity index (χ0n) is 19.5. The number of carbonyl (C=O) groups excluding carboxylic acids is 1. The number of ether oxygens (including phenoxy) is 2. The highest BCUT2D eigenvalue weighted by Crippen LogP contribution is 2.42. The van der Waals surface area contributed by atoms with Crippen LogP contribution in [0.5, 0.6) is 5.75 Å². The van der Waals surface area contributed by atoms with Gasteiger partial charge in [-0.2, -0.15) is 0 Å². The van der Waals surface area contributed by atoms with E-state index in [0.29, 0.717) is 20.6 Å². The molecule has 3 heterocycles. The van der Waals surface area contributed by atoms with E-state index in [4.69, 9.17) is 9.73 Å². The van der Waals surface area contributed by atoms with Gasteiger partial charge in [-0.15, -0.1) is 11.3 Å². The lowest BCUT2D eigenvalue weighted by Crippen LogP contribution is -2.38. The smallest absolute Gasteiger partial charge is 0.343 e. The van der Waals surface area contributed by atoms with Crippen LogP contribution in [0.1, 0.15) is 34.0 Å². The molecule has 2 aliphatic rings. The molecule has 180 valence electrons. The maximum Gasteiger partial charge on any atom is 0.343 e. The number of rotatable bonds is 5. The van der Waals surface area contributed by atoms with Crippen molar-refractivity contribution in [3.8, 4) is 5.75 Å². The van der Waals surface area contributed by atoms with Crippen LogP contribution in [0.3, 0.4) is 0 Å². The molecule has 1 atom stereocenters. The predicted octanol–water partition coefficient (Wildman–Crippen LogP) is 3.93. The van der Waals surface area contributed by atoms with E-state index in [0.717, 1.165) is 29.0 Å². The number of hydrogen-bond donors (Lipinski definition) is 0. The number of hydrogen-bond acceptors (Lipinski definition) is 7. The van der Waals surface area contributed by atoms with Gasteiger partial charge in [0, 0.05) is 16.0 Å². The number of fused-ring (bicyclic) bond motifs is 3. The first kappa shape index (κ1) is 22.7. The van der Waals surface area contributed by atoms with E-state index in [-0.39, 0.29) is 18.2 Å². The molecule has 1 unspecified atom stereocenters. The molecule has 6 rings (SSSR count). The highest BCUT2D eigenvalue weighted by Gasteiger charge is 2.33. The third-order valence-corrected chi connectivity index (χ3v) is 8.37. The Hall–Kier alpha value is -3.75. The monoisotopic (exact) mass is 514 g/mol. The van der Waals surface area contributed by atoms with Gasteiger partial charge in [-0.25, -0.2) is 9.79 Å². The van der Waals surface area contributed by atoms with Crippen LogP contribution in [0, 0.1) is 0 Å². The summed E-state index contributed by atoms with van der Waals surface area (Å²) in [5.74, 6) is 0.0442. The summed E-state index contributed by atoms with van der Waals surface area (Å²) in [5, 5.41) is 2.05. The summed E-state index contributed by atoms with van der Waals surface area (Å²) in [7, 11) is 1.32. The topological polar surface area (TPSA) is 69.9 Å². The summed E-state index contributed by atoms with van der Waals surface area (Å²) < 4.78 is 12.7. The molecule has 0 N–H and O–H groups in total. The first-order chi connectivity index (χ1) is 17.6. The third kappa shape index (κ3) is 3.92. The van der Waals surface area contributed by atoms with Crippen molar-refractivity contribution in [1.82, 2.24) is 4.57 Å². The molecule has 36 heavy (non-hydrogen) atoms. The Morgan fingerprint density at radius 3 is 2.78 bits per heavy atom. The summed E-state index contributed by atoms with van der Waals surface area (Å²) in [6, 6.07) is 19.7. The Bertz CT molecular complexity index is 1680. The number of allylic oxidation sites excluding steroid dienone is 1. The molecule has 0 amide bonds.